The van der Waals surface area contributed by atoms with Gasteiger partial charge in [-0.25, -0.2) is 0 Å². The molecule has 0 saturated carbocycles. The number of H-pyrrole nitrogens is 1. The lowest BCUT2D eigenvalue weighted by Crippen LogP contribution is -2.38. The number of fused-ring (bicyclic) bond motifs is 1. The Morgan fingerprint density at radius 1 is 1.24 bits per heavy atom. The molecule has 3 aromatic rings. The molecule has 25 heavy (non-hydrogen) atoms. The van der Waals surface area contributed by atoms with E-state index in [9.17, 15) is 9.90 Å². The van der Waals surface area contributed by atoms with Crippen molar-refractivity contribution in [3.8, 4) is 11.1 Å². The Morgan fingerprint density at radius 3 is 2.80 bits per heavy atom. The molecular weight excluding hydrogens is 336 g/mol. The van der Waals surface area contributed by atoms with Crippen LogP contribution in [-0.2, 0) is 0 Å². The van der Waals surface area contributed by atoms with Crippen molar-refractivity contribution in [2.75, 3.05) is 13.2 Å². The van der Waals surface area contributed by atoms with Crippen molar-refractivity contribution in [3.63, 3.8) is 0 Å². The first kappa shape index (κ1) is 15.9. The van der Waals surface area contributed by atoms with Crippen LogP contribution in [0.2, 0.25) is 5.02 Å². The van der Waals surface area contributed by atoms with Gasteiger partial charge in [-0.2, -0.15) is 0 Å². The molecule has 4 rings (SSSR count). The van der Waals surface area contributed by atoms with Crippen LogP contribution in [-0.4, -0.2) is 40.1 Å². The largest absolute Gasteiger partial charge is 0.394 e. The number of aliphatic hydroxyl groups excluding tert-OH is 1. The van der Waals surface area contributed by atoms with Crippen molar-refractivity contribution in [2.24, 2.45) is 0 Å². The predicted molar refractivity (Wildman–Crippen MR) is 99.8 cm³/mol. The highest BCUT2D eigenvalue weighted by Gasteiger charge is 2.29. The normalized spacial score (nSPS) is 16.7. The standard InChI is InChI=1S/C20H17ClN2O2/c21-14-8-9-17-16(11-14)18(13-5-2-1-3-6-13)19(22-17)20(25)23-10-4-7-15(23)12-24/h1-9,11,15,22,24H,10,12H2/t15-/m0/s1. The lowest BCUT2D eigenvalue weighted by molar-refractivity contribution is 0.0696. The van der Waals surface area contributed by atoms with Gasteiger partial charge in [-0.1, -0.05) is 54.1 Å². The maximum atomic E-state index is 13.2. The third-order valence-corrected chi connectivity index (χ3v) is 4.78. The molecule has 126 valence electrons. The van der Waals surface area contributed by atoms with Crippen molar-refractivity contribution in [3.05, 3.63) is 71.4 Å². The van der Waals surface area contributed by atoms with Crippen LogP contribution in [0.3, 0.4) is 0 Å². The van der Waals surface area contributed by atoms with Crippen LogP contribution in [0.25, 0.3) is 22.0 Å². The van der Waals surface area contributed by atoms with Crippen molar-refractivity contribution in [1.29, 1.82) is 0 Å². The lowest BCUT2D eigenvalue weighted by Gasteiger charge is -2.23. The number of rotatable bonds is 3. The van der Waals surface area contributed by atoms with Crippen molar-refractivity contribution >= 4 is 28.4 Å². The fourth-order valence-electron chi connectivity index (χ4n) is 3.34. The molecule has 2 heterocycles. The zero-order valence-corrected chi connectivity index (χ0v) is 14.2. The van der Waals surface area contributed by atoms with Gasteiger partial charge in [-0.15, -0.1) is 0 Å². The van der Waals surface area contributed by atoms with Gasteiger partial charge in [0.1, 0.15) is 5.69 Å². The second-order valence-corrected chi connectivity index (χ2v) is 6.50. The van der Waals surface area contributed by atoms with E-state index in [2.05, 4.69) is 4.98 Å². The lowest BCUT2D eigenvalue weighted by atomic mass is 10.0. The van der Waals surface area contributed by atoms with E-state index in [1.165, 1.54) is 0 Å². The summed E-state index contributed by atoms with van der Waals surface area (Å²) in [6.07, 6.45) is 3.76. The molecule has 1 atom stereocenters. The van der Waals surface area contributed by atoms with Crippen LogP contribution < -0.4 is 0 Å². The number of nitrogens with one attached hydrogen (secondary N) is 1. The highest BCUT2D eigenvalue weighted by molar-refractivity contribution is 6.31. The van der Waals surface area contributed by atoms with Gasteiger partial charge >= 0.3 is 0 Å². The molecule has 0 fully saturated rings. The number of aromatic nitrogens is 1. The van der Waals surface area contributed by atoms with Crippen LogP contribution in [0, 0.1) is 0 Å². The van der Waals surface area contributed by atoms with E-state index in [0.29, 0.717) is 17.3 Å². The average molecular weight is 353 g/mol. The Labute approximate surface area is 150 Å². The topological polar surface area (TPSA) is 56.3 Å². The molecular formula is C20H17ClN2O2. The maximum absolute atomic E-state index is 13.2. The molecule has 0 radical (unpaired) electrons. The summed E-state index contributed by atoms with van der Waals surface area (Å²) in [5, 5.41) is 11.1. The number of aliphatic hydroxyl groups is 1. The summed E-state index contributed by atoms with van der Waals surface area (Å²) in [6, 6.07) is 15.1. The van der Waals surface area contributed by atoms with E-state index in [1.807, 2.05) is 54.6 Å². The monoisotopic (exact) mass is 352 g/mol. The number of carbonyl (C=O) groups excluding carboxylic acids is 1. The van der Waals surface area contributed by atoms with Gasteiger partial charge in [0, 0.05) is 28.0 Å². The van der Waals surface area contributed by atoms with Crippen molar-refractivity contribution < 1.29 is 9.90 Å². The number of hydrogen-bond acceptors (Lipinski definition) is 2. The van der Waals surface area contributed by atoms with Crippen molar-refractivity contribution in [2.45, 2.75) is 6.04 Å². The molecule has 0 saturated heterocycles. The molecule has 0 aliphatic carbocycles. The summed E-state index contributed by atoms with van der Waals surface area (Å²) < 4.78 is 0. The third-order valence-electron chi connectivity index (χ3n) is 4.55. The number of benzene rings is 2. The molecule has 1 aliphatic rings. The van der Waals surface area contributed by atoms with E-state index < -0.39 is 0 Å². The summed E-state index contributed by atoms with van der Waals surface area (Å²) in [5.41, 5.74) is 3.17. The van der Waals surface area contributed by atoms with Crippen molar-refractivity contribution in [1.82, 2.24) is 9.88 Å². The quantitative estimate of drug-likeness (QED) is 0.703. The number of carbonyl (C=O) groups is 1. The Morgan fingerprint density at radius 2 is 2.04 bits per heavy atom. The highest BCUT2D eigenvalue weighted by atomic mass is 35.5. The molecule has 4 nitrogen and oxygen atoms in total. The number of nitrogens with zero attached hydrogens (tertiary/aromatic N) is 1. The summed E-state index contributed by atoms with van der Waals surface area (Å²) in [7, 11) is 0. The molecule has 2 aromatic carbocycles. The Bertz CT molecular complexity index is 962. The predicted octanol–water partition coefficient (Wildman–Crippen LogP) is 3.86. The summed E-state index contributed by atoms with van der Waals surface area (Å²) in [6.45, 7) is 0.406. The van der Waals surface area contributed by atoms with Gasteiger partial charge in [-0.3, -0.25) is 4.79 Å². The van der Waals surface area contributed by atoms with E-state index in [4.69, 9.17) is 11.6 Å². The van der Waals surface area contributed by atoms with E-state index >= 15 is 0 Å². The SMILES string of the molecule is O=C(c1[nH]c2ccc(Cl)cc2c1-c1ccccc1)N1CC=C[C@H]1CO. The van der Waals surface area contributed by atoms with Gasteiger partial charge in [0.25, 0.3) is 5.91 Å². The molecule has 0 spiro atoms. The van der Waals surface area contributed by atoms with E-state index in [-0.39, 0.29) is 18.6 Å². The maximum Gasteiger partial charge on any atom is 0.271 e. The highest BCUT2D eigenvalue weighted by Crippen LogP contribution is 2.35. The molecule has 5 heteroatoms. The number of amides is 1. The minimum atomic E-state index is -0.286. The Hall–Kier alpha value is -2.56. The molecule has 1 aliphatic heterocycles. The first-order chi connectivity index (χ1) is 12.2. The Balaban J connectivity index is 1.90. The van der Waals surface area contributed by atoms with Gasteiger partial charge in [-0.05, 0) is 23.8 Å². The zero-order chi connectivity index (χ0) is 17.4. The van der Waals surface area contributed by atoms with Gasteiger partial charge < -0.3 is 15.0 Å². The first-order valence-corrected chi connectivity index (χ1v) is 8.52. The molecule has 1 aromatic heterocycles. The molecule has 1 amide bonds. The molecule has 0 unspecified atom stereocenters. The second kappa shape index (κ2) is 6.39. The fourth-order valence-corrected chi connectivity index (χ4v) is 3.51. The average Bonchev–Trinajstić information content (AvgIpc) is 3.25. The van der Waals surface area contributed by atoms with Gasteiger partial charge in [0.2, 0.25) is 0 Å². The van der Waals surface area contributed by atoms with Gasteiger partial charge in [0.15, 0.2) is 0 Å². The zero-order valence-electron chi connectivity index (χ0n) is 13.4. The van der Waals surface area contributed by atoms with Gasteiger partial charge in [0.05, 0.1) is 12.6 Å². The Kier molecular flexibility index (Phi) is 4.07. The van der Waals surface area contributed by atoms with Crippen LogP contribution in [0.4, 0.5) is 0 Å². The number of halogens is 1. The van der Waals surface area contributed by atoms with Crippen LogP contribution in [0.1, 0.15) is 10.5 Å². The molecule has 0 bridgehead atoms. The molecule has 2 N–H and O–H groups in total. The summed E-state index contributed by atoms with van der Waals surface area (Å²) in [5.74, 6) is -0.129. The number of aromatic amines is 1. The van der Waals surface area contributed by atoms with E-state index in [1.54, 1.807) is 11.0 Å². The van der Waals surface area contributed by atoms with Crippen LogP contribution >= 0.6 is 11.6 Å². The summed E-state index contributed by atoms with van der Waals surface area (Å²) >= 11 is 6.19. The second-order valence-electron chi connectivity index (χ2n) is 6.07. The summed E-state index contributed by atoms with van der Waals surface area (Å²) in [4.78, 5) is 18.1. The minimum absolute atomic E-state index is 0.0883. The first-order valence-electron chi connectivity index (χ1n) is 8.14. The number of hydrogen-bond donors (Lipinski definition) is 2. The minimum Gasteiger partial charge on any atom is -0.394 e. The smallest absolute Gasteiger partial charge is 0.271 e. The third kappa shape index (κ3) is 2.73. The van der Waals surface area contributed by atoms with E-state index in [0.717, 1.165) is 22.0 Å². The fraction of sp³-hybridized carbons (Fsp3) is 0.150. The van der Waals surface area contributed by atoms with Crippen LogP contribution in [0.15, 0.2) is 60.7 Å². The van der Waals surface area contributed by atoms with Crippen LogP contribution in [0.5, 0.6) is 0 Å².